The Balaban J connectivity index is 1.58. The number of ether oxygens (including phenoxy) is 2. The minimum Gasteiger partial charge on any atom is -0.481 e. The minimum atomic E-state index is -1.31. The highest BCUT2D eigenvalue weighted by Crippen LogP contribution is 2.44. The molecule has 174 valence electrons. The Hall–Kier alpha value is -3.88. The van der Waals surface area contributed by atoms with Gasteiger partial charge >= 0.3 is 18.0 Å². The van der Waals surface area contributed by atoms with Gasteiger partial charge in [-0.05, 0) is 28.7 Å². The second-order valence-electron chi connectivity index (χ2n) is 7.59. The van der Waals surface area contributed by atoms with Crippen LogP contribution in [0.25, 0.3) is 11.1 Å². The summed E-state index contributed by atoms with van der Waals surface area (Å²) in [5.41, 5.74) is 4.24. The number of carbonyl (C=O) groups is 4. The van der Waals surface area contributed by atoms with Crippen molar-refractivity contribution in [2.24, 2.45) is 0 Å². The number of methoxy groups -OCH3 is 1. The van der Waals surface area contributed by atoms with E-state index in [0.29, 0.717) is 6.42 Å². The van der Waals surface area contributed by atoms with Crippen molar-refractivity contribution in [1.82, 2.24) is 10.6 Å². The maximum atomic E-state index is 12.4. The standard InChI is InChI=1S/C24H26N2O7/c1-32-22(29)11-6-12-25-23(30)20(13-21(27)28)26-24(31)33-14-19-17-9-4-2-7-15(17)16-8-3-5-10-18(16)19/h2-5,7-10,19-20H,6,11-14H2,1H3,(H,25,30)(H,26,31)(H,27,28). The fourth-order valence-electron chi connectivity index (χ4n) is 3.84. The molecule has 1 aliphatic rings. The third-order valence-electron chi connectivity index (χ3n) is 5.42. The molecular weight excluding hydrogens is 428 g/mol. The summed E-state index contributed by atoms with van der Waals surface area (Å²) < 4.78 is 9.91. The number of hydrogen-bond donors (Lipinski definition) is 3. The van der Waals surface area contributed by atoms with Crippen LogP contribution in [0.5, 0.6) is 0 Å². The fourth-order valence-corrected chi connectivity index (χ4v) is 3.84. The molecule has 2 aromatic carbocycles. The van der Waals surface area contributed by atoms with Gasteiger partial charge in [0.2, 0.25) is 5.91 Å². The number of carboxylic acid groups (broad SMARTS) is 1. The lowest BCUT2D eigenvalue weighted by molar-refractivity contribution is -0.140. The zero-order valence-corrected chi connectivity index (χ0v) is 18.2. The molecule has 3 N–H and O–H groups in total. The van der Waals surface area contributed by atoms with Crippen LogP contribution in [0.2, 0.25) is 0 Å². The summed E-state index contributed by atoms with van der Waals surface area (Å²) in [5.74, 6) is -2.49. The second kappa shape index (κ2) is 11.1. The van der Waals surface area contributed by atoms with Gasteiger partial charge < -0.3 is 25.2 Å². The molecule has 3 rings (SSSR count). The average Bonchev–Trinajstić information content (AvgIpc) is 3.13. The Morgan fingerprint density at radius 3 is 2.18 bits per heavy atom. The molecule has 0 saturated carbocycles. The molecule has 0 saturated heterocycles. The van der Waals surface area contributed by atoms with E-state index in [9.17, 15) is 19.2 Å². The van der Waals surface area contributed by atoms with Gasteiger partial charge in [-0.3, -0.25) is 14.4 Å². The number of rotatable bonds is 10. The summed E-state index contributed by atoms with van der Waals surface area (Å²) in [7, 11) is 1.27. The number of benzene rings is 2. The molecule has 0 aliphatic heterocycles. The van der Waals surface area contributed by atoms with E-state index in [2.05, 4.69) is 15.4 Å². The summed E-state index contributed by atoms with van der Waals surface area (Å²) in [5, 5.41) is 14.0. The first-order chi connectivity index (χ1) is 15.9. The van der Waals surface area contributed by atoms with Crippen molar-refractivity contribution < 1.29 is 33.8 Å². The van der Waals surface area contributed by atoms with Crippen molar-refractivity contribution in [1.29, 1.82) is 0 Å². The van der Waals surface area contributed by atoms with Crippen LogP contribution in [0, 0.1) is 0 Å². The van der Waals surface area contributed by atoms with Gasteiger partial charge in [0.25, 0.3) is 0 Å². The fraction of sp³-hybridized carbons (Fsp3) is 0.333. The maximum absolute atomic E-state index is 12.4. The van der Waals surface area contributed by atoms with Crippen molar-refractivity contribution in [3.05, 3.63) is 59.7 Å². The topological polar surface area (TPSA) is 131 Å². The van der Waals surface area contributed by atoms with Crippen LogP contribution < -0.4 is 10.6 Å². The third-order valence-corrected chi connectivity index (χ3v) is 5.42. The van der Waals surface area contributed by atoms with Crippen LogP contribution in [0.1, 0.15) is 36.3 Å². The molecule has 9 nitrogen and oxygen atoms in total. The molecular formula is C24H26N2O7. The number of carboxylic acids is 1. The number of fused-ring (bicyclic) bond motifs is 3. The van der Waals surface area contributed by atoms with Crippen molar-refractivity contribution in [2.45, 2.75) is 31.2 Å². The van der Waals surface area contributed by atoms with Gasteiger partial charge in [-0.2, -0.15) is 0 Å². The van der Waals surface area contributed by atoms with Gasteiger partial charge in [-0.1, -0.05) is 48.5 Å². The molecule has 1 atom stereocenters. The first-order valence-corrected chi connectivity index (χ1v) is 10.6. The van der Waals surface area contributed by atoms with Crippen LogP contribution in [0.15, 0.2) is 48.5 Å². The number of esters is 1. The van der Waals surface area contributed by atoms with Crippen molar-refractivity contribution in [3.8, 4) is 11.1 Å². The summed E-state index contributed by atoms with van der Waals surface area (Å²) >= 11 is 0. The monoisotopic (exact) mass is 454 g/mol. The highest BCUT2D eigenvalue weighted by atomic mass is 16.5. The lowest BCUT2D eigenvalue weighted by atomic mass is 9.98. The van der Waals surface area contributed by atoms with Crippen LogP contribution >= 0.6 is 0 Å². The average molecular weight is 454 g/mol. The smallest absolute Gasteiger partial charge is 0.407 e. The van der Waals surface area contributed by atoms with E-state index in [4.69, 9.17) is 9.84 Å². The molecule has 9 heteroatoms. The highest BCUT2D eigenvalue weighted by molar-refractivity contribution is 5.89. The number of nitrogens with one attached hydrogen (secondary N) is 2. The van der Waals surface area contributed by atoms with Crippen molar-refractivity contribution in [2.75, 3.05) is 20.3 Å². The third kappa shape index (κ3) is 6.09. The first-order valence-electron chi connectivity index (χ1n) is 10.6. The lowest BCUT2D eigenvalue weighted by Crippen LogP contribution is -2.48. The number of amides is 2. The molecule has 1 unspecified atom stereocenters. The van der Waals surface area contributed by atoms with Crippen LogP contribution in [0.3, 0.4) is 0 Å². The van der Waals surface area contributed by atoms with Gasteiger partial charge in [0.05, 0.1) is 13.5 Å². The highest BCUT2D eigenvalue weighted by Gasteiger charge is 2.30. The van der Waals surface area contributed by atoms with Gasteiger partial charge in [-0.25, -0.2) is 4.79 Å². The van der Waals surface area contributed by atoms with E-state index < -0.39 is 36.4 Å². The first kappa shape index (κ1) is 23.8. The van der Waals surface area contributed by atoms with Gasteiger partial charge in [0.1, 0.15) is 12.6 Å². The van der Waals surface area contributed by atoms with E-state index in [1.165, 1.54) is 7.11 Å². The number of hydrogen-bond acceptors (Lipinski definition) is 6. The van der Waals surface area contributed by atoms with E-state index in [1.807, 2.05) is 48.5 Å². The zero-order chi connectivity index (χ0) is 23.8. The molecule has 1 aliphatic carbocycles. The van der Waals surface area contributed by atoms with E-state index in [1.54, 1.807) is 0 Å². The molecule has 0 radical (unpaired) electrons. The number of carbonyl (C=O) groups excluding carboxylic acids is 3. The molecule has 0 fully saturated rings. The van der Waals surface area contributed by atoms with E-state index in [0.717, 1.165) is 22.3 Å². The largest absolute Gasteiger partial charge is 0.481 e. The maximum Gasteiger partial charge on any atom is 0.407 e. The predicted molar refractivity (Wildman–Crippen MR) is 119 cm³/mol. The summed E-state index contributed by atoms with van der Waals surface area (Å²) in [6.45, 7) is 0.177. The molecule has 2 amide bonds. The summed E-state index contributed by atoms with van der Waals surface area (Å²) in [4.78, 5) is 47.1. The van der Waals surface area contributed by atoms with E-state index in [-0.39, 0.29) is 25.5 Å². The number of alkyl carbamates (subject to hydrolysis) is 1. The SMILES string of the molecule is COC(=O)CCCNC(=O)C(CC(=O)O)NC(=O)OCC1c2ccccc2-c2ccccc21. The quantitative estimate of drug-likeness (QED) is 0.371. The molecule has 2 aromatic rings. The molecule has 33 heavy (non-hydrogen) atoms. The summed E-state index contributed by atoms with van der Waals surface area (Å²) in [6, 6.07) is 14.4. The van der Waals surface area contributed by atoms with Crippen LogP contribution in [0.4, 0.5) is 4.79 Å². The Morgan fingerprint density at radius 2 is 1.61 bits per heavy atom. The Labute approximate surface area is 191 Å². The summed E-state index contributed by atoms with van der Waals surface area (Å²) in [6.07, 6.45) is -1.05. The predicted octanol–water partition coefficient (Wildman–Crippen LogP) is 2.44. The molecule has 0 spiro atoms. The van der Waals surface area contributed by atoms with Crippen molar-refractivity contribution in [3.63, 3.8) is 0 Å². The molecule has 0 bridgehead atoms. The minimum absolute atomic E-state index is 0.0421. The molecule has 0 aromatic heterocycles. The lowest BCUT2D eigenvalue weighted by Gasteiger charge is -2.18. The van der Waals surface area contributed by atoms with Gasteiger partial charge in [-0.15, -0.1) is 0 Å². The Kier molecular flexibility index (Phi) is 8.01. The van der Waals surface area contributed by atoms with Crippen LogP contribution in [-0.4, -0.2) is 55.3 Å². The zero-order valence-electron chi connectivity index (χ0n) is 18.2. The normalized spacial score (nSPS) is 12.8. The van der Waals surface area contributed by atoms with Crippen molar-refractivity contribution >= 4 is 23.9 Å². The van der Waals surface area contributed by atoms with E-state index >= 15 is 0 Å². The number of aliphatic carboxylic acids is 1. The molecule has 0 heterocycles. The Morgan fingerprint density at radius 1 is 1.00 bits per heavy atom. The second-order valence-corrected chi connectivity index (χ2v) is 7.59. The van der Waals surface area contributed by atoms with Crippen LogP contribution in [-0.2, 0) is 23.9 Å². The van der Waals surface area contributed by atoms with Gasteiger partial charge in [0, 0.05) is 18.9 Å². The van der Waals surface area contributed by atoms with Gasteiger partial charge in [0.15, 0.2) is 0 Å². The Bertz CT molecular complexity index is 991.